The number of rotatable bonds is 2. The highest BCUT2D eigenvalue weighted by Gasteiger charge is 1.94. The van der Waals surface area contributed by atoms with Crippen molar-refractivity contribution in [2.24, 2.45) is 10.1 Å². The third kappa shape index (κ3) is 2.86. The maximum absolute atomic E-state index is 8.17. The normalized spacial score (nSPS) is 10.3. The summed E-state index contributed by atoms with van der Waals surface area (Å²) in [5.74, 6) is 0. The first-order valence-corrected chi connectivity index (χ1v) is 4.10. The van der Waals surface area contributed by atoms with Gasteiger partial charge in [0.15, 0.2) is 0 Å². The summed E-state index contributed by atoms with van der Waals surface area (Å²) < 4.78 is 0. The molecule has 0 spiro atoms. The van der Waals surface area contributed by atoms with Gasteiger partial charge in [-0.15, -0.1) is 16.3 Å². The second kappa shape index (κ2) is 4.81. The molecule has 5 heteroatoms. The molecule has 0 bridgehead atoms. The first-order valence-electron chi connectivity index (χ1n) is 3.28. The topological polar surface area (TPSA) is 52.9 Å². The van der Waals surface area contributed by atoms with Crippen molar-refractivity contribution in [3.05, 3.63) is 33.4 Å². The Morgan fingerprint density at radius 3 is 2.77 bits per heavy atom. The maximum atomic E-state index is 8.17. The standard InChI is InChI=1S/C8H4N4S/c1-10-12-5-8-3-2-7(13-8)4-11-6-9/h2-5H/b11-4?,12-5+. The Morgan fingerprint density at radius 2 is 2.15 bits per heavy atom. The molecule has 0 atom stereocenters. The molecule has 1 aromatic rings. The molecule has 0 aliphatic rings. The lowest BCUT2D eigenvalue weighted by Crippen LogP contribution is -1.68. The van der Waals surface area contributed by atoms with Gasteiger partial charge in [-0.2, -0.15) is 16.8 Å². The van der Waals surface area contributed by atoms with Gasteiger partial charge < -0.3 is 0 Å². The molecular formula is C8H4N4S. The van der Waals surface area contributed by atoms with E-state index in [4.69, 9.17) is 11.8 Å². The van der Waals surface area contributed by atoms with Crippen LogP contribution in [0.1, 0.15) is 9.75 Å². The van der Waals surface area contributed by atoms with Gasteiger partial charge in [-0.05, 0) is 12.1 Å². The minimum atomic E-state index is 0.869. The Hall–Kier alpha value is -1.98. The lowest BCUT2D eigenvalue weighted by atomic mass is 10.4. The zero-order chi connectivity index (χ0) is 9.52. The predicted molar refractivity (Wildman–Crippen MR) is 51.7 cm³/mol. The molecule has 1 heterocycles. The van der Waals surface area contributed by atoms with Crippen molar-refractivity contribution in [3.63, 3.8) is 0 Å². The molecule has 1 aromatic heterocycles. The predicted octanol–water partition coefficient (Wildman–Crippen LogP) is 1.90. The van der Waals surface area contributed by atoms with Crippen molar-refractivity contribution in [2.45, 2.75) is 0 Å². The van der Waals surface area contributed by atoms with Crippen molar-refractivity contribution in [2.75, 3.05) is 0 Å². The zero-order valence-electron chi connectivity index (χ0n) is 6.51. The highest BCUT2D eigenvalue weighted by molar-refractivity contribution is 7.15. The van der Waals surface area contributed by atoms with Crippen LogP contribution in [0.5, 0.6) is 0 Å². The summed E-state index contributed by atoms with van der Waals surface area (Å²) in [6, 6.07) is 3.63. The van der Waals surface area contributed by atoms with Crippen molar-refractivity contribution in [1.82, 2.24) is 0 Å². The minimum Gasteiger partial charge on any atom is -0.181 e. The van der Waals surface area contributed by atoms with Gasteiger partial charge in [-0.1, -0.05) is 0 Å². The second-order valence-electron chi connectivity index (χ2n) is 1.94. The van der Waals surface area contributed by atoms with Crippen molar-refractivity contribution in [3.8, 4) is 6.19 Å². The summed E-state index contributed by atoms with van der Waals surface area (Å²) in [6.07, 6.45) is 4.61. The number of nitriles is 1. The number of hydrogen-bond donors (Lipinski definition) is 0. The molecule has 0 unspecified atom stereocenters. The Labute approximate surface area is 79.3 Å². The Bertz CT molecular complexity index is 378. The fourth-order valence-corrected chi connectivity index (χ4v) is 1.44. The number of thiophene rings is 1. The summed E-state index contributed by atoms with van der Waals surface area (Å²) in [7, 11) is 0. The van der Waals surface area contributed by atoms with E-state index in [0.717, 1.165) is 9.75 Å². The smallest absolute Gasteiger partial charge is 0.181 e. The summed E-state index contributed by atoms with van der Waals surface area (Å²) in [6.45, 7) is 6.43. The van der Waals surface area contributed by atoms with Crippen LogP contribution < -0.4 is 0 Å². The molecule has 0 radical (unpaired) electrons. The van der Waals surface area contributed by atoms with Crippen LogP contribution in [-0.2, 0) is 0 Å². The Morgan fingerprint density at radius 1 is 1.46 bits per heavy atom. The molecule has 13 heavy (non-hydrogen) atoms. The molecule has 62 valence electrons. The third-order valence-electron chi connectivity index (χ3n) is 1.14. The van der Waals surface area contributed by atoms with Gasteiger partial charge in [0.2, 0.25) is 6.19 Å². The van der Waals surface area contributed by atoms with Crippen LogP contribution in [0.2, 0.25) is 0 Å². The van der Waals surface area contributed by atoms with Crippen LogP contribution >= 0.6 is 11.3 Å². The van der Waals surface area contributed by atoms with Crippen molar-refractivity contribution in [1.29, 1.82) is 5.26 Å². The fourth-order valence-electron chi connectivity index (χ4n) is 0.685. The molecule has 4 nitrogen and oxygen atoms in total. The second-order valence-corrected chi connectivity index (χ2v) is 3.09. The van der Waals surface area contributed by atoms with Gasteiger partial charge in [-0.25, -0.2) is 0 Å². The maximum Gasteiger partial charge on any atom is 0.205 e. The van der Waals surface area contributed by atoms with Crippen LogP contribution in [-0.4, -0.2) is 12.4 Å². The van der Waals surface area contributed by atoms with E-state index >= 15 is 0 Å². The van der Waals surface area contributed by atoms with Gasteiger partial charge >= 0.3 is 0 Å². The summed E-state index contributed by atoms with van der Waals surface area (Å²) in [5.41, 5.74) is 0. The van der Waals surface area contributed by atoms with Crippen LogP contribution in [0, 0.1) is 18.0 Å². The van der Waals surface area contributed by atoms with Gasteiger partial charge in [0.1, 0.15) is 6.21 Å². The molecule has 0 aromatic carbocycles. The van der Waals surface area contributed by atoms with Crippen molar-refractivity contribution >= 4 is 23.8 Å². The monoisotopic (exact) mass is 188 g/mol. The fraction of sp³-hybridized carbons (Fsp3) is 0. The average Bonchev–Trinajstić information content (AvgIpc) is 2.59. The van der Waals surface area contributed by atoms with Crippen LogP contribution in [0.15, 0.2) is 22.2 Å². The molecular weight excluding hydrogens is 184 g/mol. The molecule has 1 rings (SSSR count). The SMILES string of the molecule is [C-]#[N+]/N=C/c1ccc(C=NC#N)s1. The van der Waals surface area contributed by atoms with Crippen LogP contribution in [0.3, 0.4) is 0 Å². The van der Waals surface area contributed by atoms with Crippen molar-refractivity contribution < 1.29 is 0 Å². The van der Waals surface area contributed by atoms with Gasteiger partial charge in [-0.3, -0.25) is 0 Å². The highest BCUT2D eigenvalue weighted by Crippen LogP contribution is 2.12. The number of hydrogen-bond acceptors (Lipinski definition) is 4. The molecule has 0 fully saturated rings. The third-order valence-corrected chi connectivity index (χ3v) is 2.09. The van der Waals surface area contributed by atoms with Crippen LogP contribution in [0.25, 0.3) is 4.95 Å². The lowest BCUT2D eigenvalue weighted by molar-refractivity contribution is 1.45. The van der Waals surface area contributed by atoms with E-state index in [1.165, 1.54) is 23.8 Å². The Balaban J connectivity index is 2.77. The summed E-state index contributed by atoms with van der Waals surface area (Å²) in [5, 5.41) is 11.6. The average molecular weight is 188 g/mol. The first kappa shape index (κ1) is 9.11. The Kier molecular flexibility index (Phi) is 3.37. The van der Waals surface area contributed by atoms with E-state index < -0.39 is 0 Å². The van der Waals surface area contributed by atoms with Crippen LogP contribution in [0.4, 0.5) is 0 Å². The molecule has 0 saturated heterocycles. The van der Waals surface area contributed by atoms with E-state index in [-0.39, 0.29) is 0 Å². The van der Waals surface area contributed by atoms with Gasteiger partial charge in [0, 0.05) is 4.88 Å². The van der Waals surface area contributed by atoms with Gasteiger partial charge in [0.05, 0.1) is 16.2 Å². The minimum absolute atomic E-state index is 0.869. The first-order chi connectivity index (χ1) is 6.36. The highest BCUT2D eigenvalue weighted by atomic mass is 32.1. The lowest BCUT2D eigenvalue weighted by Gasteiger charge is -1.76. The molecule has 0 N–H and O–H groups in total. The van der Waals surface area contributed by atoms with E-state index in [0.29, 0.717) is 0 Å². The van der Waals surface area contributed by atoms with E-state index in [9.17, 15) is 0 Å². The molecule has 0 saturated carbocycles. The molecule has 0 aliphatic carbocycles. The summed E-state index contributed by atoms with van der Waals surface area (Å²) >= 11 is 1.42. The van der Waals surface area contributed by atoms with E-state index in [1.807, 2.05) is 12.1 Å². The van der Waals surface area contributed by atoms with Gasteiger partial charge in [0.25, 0.3) is 0 Å². The summed E-state index contributed by atoms with van der Waals surface area (Å²) in [4.78, 5) is 8.00. The molecule has 0 aliphatic heterocycles. The molecule has 0 amide bonds. The van der Waals surface area contributed by atoms with E-state index in [2.05, 4.69) is 15.0 Å². The zero-order valence-corrected chi connectivity index (χ0v) is 7.32. The number of aliphatic imine (C=N–C) groups is 1. The van der Waals surface area contributed by atoms with E-state index in [1.54, 1.807) is 6.19 Å². The largest absolute Gasteiger partial charge is 0.205 e. The number of nitrogens with zero attached hydrogens (tertiary/aromatic N) is 4. The quantitative estimate of drug-likeness (QED) is 0.302.